The minimum absolute atomic E-state index is 0.0805. The third kappa shape index (κ3) is 4.28. The fraction of sp³-hybridized carbons (Fsp3) is 0.500. The van der Waals surface area contributed by atoms with Gasteiger partial charge in [-0.25, -0.2) is 0 Å². The lowest BCUT2D eigenvalue weighted by molar-refractivity contribution is -0.130. The molecule has 1 unspecified atom stereocenters. The zero-order valence-electron chi connectivity index (χ0n) is 15.0. The molecule has 1 aromatic carbocycles. The maximum Gasteiger partial charge on any atom is 0.222 e. The van der Waals surface area contributed by atoms with Crippen LogP contribution < -0.4 is 0 Å². The number of aliphatic hydroxyl groups excluding tert-OH is 1. The van der Waals surface area contributed by atoms with Gasteiger partial charge in [-0.1, -0.05) is 29.4 Å². The second-order valence-corrected chi connectivity index (χ2v) is 6.98. The molecule has 134 valence electrons. The Balaban J connectivity index is 1.49. The average molecular weight is 342 g/mol. The van der Waals surface area contributed by atoms with E-state index in [0.717, 1.165) is 48.5 Å². The molecule has 2 heterocycles. The number of carbonyl (C=O) groups excluding carboxylic acids is 1. The summed E-state index contributed by atoms with van der Waals surface area (Å²) in [7, 11) is 0. The number of carbonyl (C=O) groups is 1. The van der Waals surface area contributed by atoms with Crippen molar-refractivity contribution in [2.75, 3.05) is 13.1 Å². The third-order valence-corrected chi connectivity index (χ3v) is 5.14. The molecule has 1 fully saturated rings. The molecule has 5 nitrogen and oxygen atoms in total. The molecule has 0 saturated carbocycles. The summed E-state index contributed by atoms with van der Waals surface area (Å²) in [5.74, 6) is 1.55. The lowest BCUT2D eigenvalue weighted by atomic mass is 9.98. The highest BCUT2D eigenvalue weighted by molar-refractivity contribution is 5.76. The predicted molar refractivity (Wildman–Crippen MR) is 95.1 cm³/mol. The van der Waals surface area contributed by atoms with Crippen LogP contribution in [0.4, 0.5) is 0 Å². The van der Waals surface area contributed by atoms with Gasteiger partial charge >= 0.3 is 0 Å². The standard InChI is InChI=1S/C20H26N2O3/c1-14-19(15(2)25-21-14)7-8-20(24)22-10-9-18(12-22)11-16-3-5-17(13-23)6-4-16/h3-6,18,23H,7-13H2,1-2H3. The molecule has 3 rings (SSSR count). The van der Waals surface area contributed by atoms with Gasteiger partial charge in [-0.15, -0.1) is 0 Å². The Morgan fingerprint density at radius 3 is 2.64 bits per heavy atom. The zero-order valence-corrected chi connectivity index (χ0v) is 15.0. The summed E-state index contributed by atoms with van der Waals surface area (Å²) in [6.07, 6.45) is 3.25. The first-order valence-electron chi connectivity index (χ1n) is 8.95. The number of amides is 1. The van der Waals surface area contributed by atoms with Crippen LogP contribution in [0.2, 0.25) is 0 Å². The van der Waals surface area contributed by atoms with Crippen LogP contribution in [-0.2, 0) is 24.2 Å². The van der Waals surface area contributed by atoms with Crippen LogP contribution in [-0.4, -0.2) is 34.2 Å². The SMILES string of the molecule is Cc1noc(C)c1CCC(=O)N1CCC(Cc2ccc(CO)cc2)C1. The molecule has 25 heavy (non-hydrogen) atoms. The smallest absolute Gasteiger partial charge is 0.222 e. The summed E-state index contributed by atoms with van der Waals surface area (Å²) in [5.41, 5.74) is 4.16. The summed E-state index contributed by atoms with van der Waals surface area (Å²) in [6.45, 7) is 5.58. The molecule has 0 spiro atoms. The molecular weight excluding hydrogens is 316 g/mol. The third-order valence-electron chi connectivity index (χ3n) is 5.14. The van der Waals surface area contributed by atoms with Gasteiger partial charge in [0.25, 0.3) is 0 Å². The van der Waals surface area contributed by atoms with Crippen molar-refractivity contribution in [3.05, 3.63) is 52.4 Å². The number of hydrogen-bond acceptors (Lipinski definition) is 4. The highest BCUT2D eigenvalue weighted by Gasteiger charge is 2.26. The Morgan fingerprint density at radius 1 is 1.28 bits per heavy atom. The normalized spacial score (nSPS) is 17.2. The number of benzene rings is 1. The second kappa shape index (κ2) is 7.83. The monoisotopic (exact) mass is 342 g/mol. The highest BCUT2D eigenvalue weighted by atomic mass is 16.5. The minimum Gasteiger partial charge on any atom is -0.392 e. The van der Waals surface area contributed by atoms with E-state index in [-0.39, 0.29) is 12.5 Å². The molecule has 0 aliphatic carbocycles. The summed E-state index contributed by atoms with van der Waals surface area (Å²) >= 11 is 0. The van der Waals surface area contributed by atoms with Gasteiger partial charge in [0.1, 0.15) is 5.76 Å². The fourth-order valence-electron chi connectivity index (χ4n) is 3.59. The molecule has 1 saturated heterocycles. The summed E-state index contributed by atoms with van der Waals surface area (Å²) in [5, 5.41) is 13.1. The molecule has 1 amide bonds. The molecular formula is C20H26N2O3. The first-order chi connectivity index (χ1) is 12.1. The summed E-state index contributed by atoms with van der Waals surface area (Å²) in [4.78, 5) is 14.5. The number of nitrogens with zero attached hydrogens (tertiary/aromatic N) is 2. The van der Waals surface area contributed by atoms with E-state index in [1.54, 1.807) is 0 Å². The van der Waals surface area contributed by atoms with Crippen molar-refractivity contribution in [3.8, 4) is 0 Å². The van der Waals surface area contributed by atoms with Crippen molar-refractivity contribution in [3.63, 3.8) is 0 Å². The van der Waals surface area contributed by atoms with Crippen LogP contribution >= 0.6 is 0 Å². The highest BCUT2D eigenvalue weighted by Crippen LogP contribution is 2.23. The van der Waals surface area contributed by atoms with Crippen LogP contribution in [0.5, 0.6) is 0 Å². The predicted octanol–water partition coefficient (Wildman–Crippen LogP) is 2.81. The largest absolute Gasteiger partial charge is 0.392 e. The van der Waals surface area contributed by atoms with E-state index >= 15 is 0 Å². The van der Waals surface area contributed by atoms with Crippen molar-refractivity contribution >= 4 is 5.91 Å². The van der Waals surface area contributed by atoms with Crippen molar-refractivity contribution in [1.29, 1.82) is 0 Å². The molecule has 5 heteroatoms. The van der Waals surface area contributed by atoms with Crippen LogP contribution in [0.1, 0.15) is 41.0 Å². The van der Waals surface area contributed by atoms with E-state index in [4.69, 9.17) is 9.63 Å². The van der Waals surface area contributed by atoms with Crippen LogP contribution in [0.3, 0.4) is 0 Å². The van der Waals surface area contributed by atoms with E-state index in [9.17, 15) is 4.79 Å². The van der Waals surface area contributed by atoms with E-state index < -0.39 is 0 Å². The van der Waals surface area contributed by atoms with Gasteiger partial charge in [0.05, 0.1) is 12.3 Å². The maximum absolute atomic E-state index is 12.5. The van der Waals surface area contributed by atoms with Crippen LogP contribution in [0.15, 0.2) is 28.8 Å². The van der Waals surface area contributed by atoms with Gasteiger partial charge in [0, 0.05) is 25.1 Å². The lowest BCUT2D eigenvalue weighted by Crippen LogP contribution is -2.29. The van der Waals surface area contributed by atoms with E-state index in [2.05, 4.69) is 17.3 Å². The quantitative estimate of drug-likeness (QED) is 0.877. The Kier molecular flexibility index (Phi) is 5.53. The number of likely N-dealkylation sites (tertiary alicyclic amines) is 1. The Labute approximate surface area is 148 Å². The number of aliphatic hydroxyl groups is 1. The first-order valence-corrected chi connectivity index (χ1v) is 8.95. The first kappa shape index (κ1) is 17.7. The summed E-state index contributed by atoms with van der Waals surface area (Å²) in [6, 6.07) is 8.09. The van der Waals surface area contributed by atoms with Crippen molar-refractivity contribution in [1.82, 2.24) is 10.1 Å². The topological polar surface area (TPSA) is 66.6 Å². The van der Waals surface area contributed by atoms with E-state index in [1.807, 2.05) is 30.9 Å². The van der Waals surface area contributed by atoms with Gasteiger partial charge < -0.3 is 14.5 Å². The minimum atomic E-state index is 0.0805. The molecule has 0 bridgehead atoms. The van der Waals surface area contributed by atoms with Gasteiger partial charge in [-0.2, -0.15) is 0 Å². The number of rotatable bonds is 6. The van der Waals surface area contributed by atoms with Crippen LogP contribution in [0.25, 0.3) is 0 Å². The number of aromatic nitrogens is 1. The Bertz CT molecular complexity index is 702. The molecule has 1 N–H and O–H groups in total. The van der Waals surface area contributed by atoms with Gasteiger partial charge in [0.15, 0.2) is 0 Å². The van der Waals surface area contributed by atoms with Crippen molar-refractivity contribution in [2.45, 2.75) is 46.1 Å². The maximum atomic E-state index is 12.5. The van der Waals surface area contributed by atoms with Gasteiger partial charge in [0.2, 0.25) is 5.91 Å². The molecule has 1 aliphatic heterocycles. The van der Waals surface area contributed by atoms with Crippen molar-refractivity contribution < 1.29 is 14.4 Å². The van der Waals surface area contributed by atoms with E-state index in [1.165, 1.54) is 5.56 Å². The molecule has 2 aromatic rings. The molecule has 1 atom stereocenters. The Hall–Kier alpha value is -2.14. The van der Waals surface area contributed by atoms with Crippen LogP contribution in [0, 0.1) is 19.8 Å². The second-order valence-electron chi connectivity index (χ2n) is 6.98. The Morgan fingerprint density at radius 2 is 2.00 bits per heavy atom. The average Bonchev–Trinajstić information content (AvgIpc) is 3.21. The molecule has 1 aromatic heterocycles. The van der Waals surface area contributed by atoms with Gasteiger partial charge in [-0.05, 0) is 50.2 Å². The number of aryl methyl sites for hydroxylation is 2. The van der Waals surface area contributed by atoms with Gasteiger partial charge in [-0.3, -0.25) is 4.79 Å². The fourth-order valence-corrected chi connectivity index (χ4v) is 3.59. The molecule has 1 aliphatic rings. The number of hydrogen-bond donors (Lipinski definition) is 1. The molecule has 0 radical (unpaired) electrons. The van der Waals surface area contributed by atoms with E-state index in [0.29, 0.717) is 18.8 Å². The lowest BCUT2D eigenvalue weighted by Gasteiger charge is -2.16. The van der Waals surface area contributed by atoms with Crippen molar-refractivity contribution in [2.24, 2.45) is 5.92 Å². The summed E-state index contributed by atoms with van der Waals surface area (Å²) < 4.78 is 5.16. The zero-order chi connectivity index (χ0) is 17.8.